The molecule has 2 heterocycles. The van der Waals surface area contributed by atoms with Gasteiger partial charge in [0.25, 0.3) is 0 Å². The van der Waals surface area contributed by atoms with Gasteiger partial charge in [-0.05, 0) is 42.7 Å². The fraction of sp³-hybridized carbons (Fsp3) is 0.300. The van der Waals surface area contributed by atoms with Crippen molar-refractivity contribution >= 4 is 33.8 Å². The first-order valence-electron chi connectivity index (χ1n) is 8.65. The van der Waals surface area contributed by atoms with Crippen LogP contribution in [0.3, 0.4) is 0 Å². The maximum atomic E-state index is 12.4. The Kier molecular flexibility index (Phi) is 6.28. The predicted octanol–water partition coefficient (Wildman–Crippen LogP) is 3.61. The summed E-state index contributed by atoms with van der Waals surface area (Å²) in [7, 11) is 0. The minimum absolute atomic E-state index is 0.0183. The van der Waals surface area contributed by atoms with Crippen molar-refractivity contribution in [2.24, 2.45) is 5.92 Å². The van der Waals surface area contributed by atoms with E-state index in [2.05, 4.69) is 21.2 Å². The highest BCUT2D eigenvalue weighted by molar-refractivity contribution is 9.10. The van der Waals surface area contributed by atoms with E-state index in [1.54, 1.807) is 23.3 Å². The molecule has 1 aromatic heterocycles. The molecule has 0 radical (unpaired) electrons. The molecule has 1 aliphatic heterocycles. The van der Waals surface area contributed by atoms with Crippen molar-refractivity contribution in [3.05, 3.63) is 64.5 Å². The van der Waals surface area contributed by atoms with Gasteiger partial charge in [-0.25, -0.2) is 0 Å². The number of rotatable bonds is 5. The number of benzene rings is 1. The van der Waals surface area contributed by atoms with E-state index in [9.17, 15) is 9.59 Å². The van der Waals surface area contributed by atoms with E-state index in [1.807, 2.05) is 36.4 Å². The number of likely N-dealkylation sites (tertiary alicyclic amines) is 1. The lowest BCUT2D eigenvalue weighted by Crippen LogP contribution is -2.42. The molecule has 0 spiro atoms. The number of piperidine rings is 1. The Morgan fingerprint density at radius 2 is 1.96 bits per heavy atom. The number of furan rings is 1. The van der Waals surface area contributed by atoms with Crippen LogP contribution >= 0.6 is 15.9 Å². The van der Waals surface area contributed by atoms with E-state index in [0.29, 0.717) is 32.5 Å². The van der Waals surface area contributed by atoms with Crippen LogP contribution in [0.2, 0.25) is 0 Å². The standard InChI is InChI=1S/C20H21BrN2O3/c21-18-6-2-1-4-15(18)7-8-19(24)23-11-9-16(10-12-23)20(25)22-14-17-5-3-13-26-17/h1-8,13,16H,9-12,14H2,(H,22,25)/b8-7+. The van der Waals surface area contributed by atoms with Crippen LogP contribution < -0.4 is 5.32 Å². The Labute approximate surface area is 161 Å². The number of amides is 2. The molecule has 1 aliphatic rings. The molecule has 0 aliphatic carbocycles. The smallest absolute Gasteiger partial charge is 0.246 e. The van der Waals surface area contributed by atoms with Gasteiger partial charge in [-0.2, -0.15) is 0 Å². The first kappa shape index (κ1) is 18.5. The number of hydrogen-bond donors (Lipinski definition) is 1. The predicted molar refractivity (Wildman–Crippen MR) is 103 cm³/mol. The van der Waals surface area contributed by atoms with Crippen molar-refractivity contribution < 1.29 is 14.0 Å². The normalized spacial score (nSPS) is 15.3. The second kappa shape index (κ2) is 8.85. The maximum Gasteiger partial charge on any atom is 0.246 e. The minimum Gasteiger partial charge on any atom is -0.467 e. The zero-order chi connectivity index (χ0) is 18.4. The van der Waals surface area contributed by atoms with Gasteiger partial charge in [0.1, 0.15) is 5.76 Å². The maximum absolute atomic E-state index is 12.4. The lowest BCUT2D eigenvalue weighted by atomic mass is 9.96. The molecular weight excluding hydrogens is 396 g/mol. The average Bonchev–Trinajstić information content (AvgIpc) is 3.19. The van der Waals surface area contributed by atoms with Crippen molar-refractivity contribution in [1.82, 2.24) is 10.2 Å². The van der Waals surface area contributed by atoms with Crippen LogP contribution in [0, 0.1) is 5.92 Å². The quantitative estimate of drug-likeness (QED) is 0.757. The fourth-order valence-corrected chi connectivity index (χ4v) is 3.39. The van der Waals surface area contributed by atoms with Gasteiger partial charge in [0.2, 0.25) is 11.8 Å². The van der Waals surface area contributed by atoms with Crippen molar-refractivity contribution in [3.63, 3.8) is 0 Å². The molecule has 1 saturated heterocycles. The van der Waals surface area contributed by atoms with E-state index in [0.717, 1.165) is 15.8 Å². The average molecular weight is 417 g/mol. The van der Waals surface area contributed by atoms with E-state index in [1.165, 1.54) is 0 Å². The van der Waals surface area contributed by atoms with Gasteiger partial charge in [-0.1, -0.05) is 34.1 Å². The SMILES string of the molecule is O=C(NCc1ccco1)C1CCN(C(=O)/C=C/c2ccccc2Br)CC1. The van der Waals surface area contributed by atoms with Gasteiger partial charge in [-0.3, -0.25) is 9.59 Å². The second-order valence-corrected chi connectivity index (χ2v) is 7.11. The Hall–Kier alpha value is -2.34. The molecule has 1 aromatic carbocycles. The Bertz CT molecular complexity index is 778. The summed E-state index contributed by atoms with van der Waals surface area (Å²) < 4.78 is 6.17. The monoisotopic (exact) mass is 416 g/mol. The number of hydrogen-bond acceptors (Lipinski definition) is 3. The van der Waals surface area contributed by atoms with Gasteiger partial charge in [0.15, 0.2) is 0 Å². The summed E-state index contributed by atoms with van der Waals surface area (Å²) in [5.41, 5.74) is 0.966. The molecule has 3 rings (SSSR count). The van der Waals surface area contributed by atoms with E-state index in [4.69, 9.17) is 4.42 Å². The van der Waals surface area contributed by atoms with Crippen LogP contribution in [0.25, 0.3) is 6.08 Å². The molecule has 2 aromatic rings. The molecule has 6 heteroatoms. The van der Waals surface area contributed by atoms with E-state index >= 15 is 0 Å². The van der Waals surface area contributed by atoms with Crippen LogP contribution in [0.5, 0.6) is 0 Å². The van der Waals surface area contributed by atoms with Gasteiger partial charge >= 0.3 is 0 Å². The fourth-order valence-electron chi connectivity index (χ4n) is 2.97. The lowest BCUT2D eigenvalue weighted by molar-refractivity contribution is -0.132. The Morgan fingerprint density at radius 1 is 1.19 bits per heavy atom. The molecule has 1 fully saturated rings. The van der Waals surface area contributed by atoms with Gasteiger partial charge in [-0.15, -0.1) is 0 Å². The molecule has 0 atom stereocenters. The summed E-state index contributed by atoms with van der Waals surface area (Å²) in [6.07, 6.45) is 6.36. The second-order valence-electron chi connectivity index (χ2n) is 6.25. The van der Waals surface area contributed by atoms with Crippen LogP contribution in [0.4, 0.5) is 0 Å². The first-order chi connectivity index (χ1) is 12.6. The van der Waals surface area contributed by atoms with Crippen LogP contribution in [0.1, 0.15) is 24.2 Å². The van der Waals surface area contributed by atoms with Crippen LogP contribution in [-0.2, 0) is 16.1 Å². The van der Waals surface area contributed by atoms with Crippen molar-refractivity contribution in [1.29, 1.82) is 0 Å². The zero-order valence-corrected chi connectivity index (χ0v) is 15.9. The highest BCUT2D eigenvalue weighted by atomic mass is 79.9. The molecule has 0 unspecified atom stereocenters. The highest BCUT2D eigenvalue weighted by Crippen LogP contribution is 2.20. The van der Waals surface area contributed by atoms with Gasteiger partial charge in [0.05, 0.1) is 12.8 Å². The molecule has 0 saturated carbocycles. The van der Waals surface area contributed by atoms with Gasteiger partial charge < -0.3 is 14.6 Å². The van der Waals surface area contributed by atoms with E-state index < -0.39 is 0 Å². The summed E-state index contributed by atoms with van der Waals surface area (Å²) in [5.74, 6) is 0.692. The zero-order valence-electron chi connectivity index (χ0n) is 14.4. The summed E-state index contributed by atoms with van der Waals surface area (Å²) >= 11 is 3.47. The summed E-state index contributed by atoms with van der Waals surface area (Å²) in [6, 6.07) is 11.4. The minimum atomic E-state index is -0.0544. The number of nitrogens with zero attached hydrogens (tertiary/aromatic N) is 1. The third kappa shape index (κ3) is 4.85. The third-order valence-electron chi connectivity index (χ3n) is 4.51. The van der Waals surface area contributed by atoms with Crippen molar-refractivity contribution in [2.75, 3.05) is 13.1 Å². The third-order valence-corrected chi connectivity index (χ3v) is 5.23. The summed E-state index contributed by atoms with van der Waals surface area (Å²) in [4.78, 5) is 26.4. The van der Waals surface area contributed by atoms with E-state index in [-0.39, 0.29) is 17.7 Å². The summed E-state index contributed by atoms with van der Waals surface area (Å²) in [6.45, 7) is 1.59. The molecule has 1 N–H and O–H groups in total. The number of carbonyl (C=O) groups excluding carboxylic acids is 2. The highest BCUT2D eigenvalue weighted by Gasteiger charge is 2.26. The van der Waals surface area contributed by atoms with Crippen molar-refractivity contribution in [3.8, 4) is 0 Å². The molecular formula is C20H21BrN2O3. The molecule has 0 bridgehead atoms. The number of halogens is 1. The number of nitrogens with one attached hydrogen (secondary N) is 1. The molecule has 5 nitrogen and oxygen atoms in total. The molecule has 136 valence electrons. The number of carbonyl (C=O) groups is 2. The Balaban J connectivity index is 1.46. The largest absolute Gasteiger partial charge is 0.467 e. The first-order valence-corrected chi connectivity index (χ1v) is 9.44. The molecule has 26 heavy (non-hydrogen) atoms. The van der Waals surface area contributed by atoms with Gasteiger partial charge in [0, 0.05) is 29.6 Å². The lowest BCUT2D eigenvalue weighted by Gasteiger charge is -2.30. The summed E-state index contributed by atoms with van der Waals surface area (Å²) in [5, 5.41) is 2.90. The van der Waals surface area contributed by atoms with Crippen LogP contribution in [0.15, 0.2) is 57.6 Å². The topological polar surface area (TPSA) is 62.6 Å². The van der Waals surface area contributed by atoms with Crippen molar-refractivity contribution in [2.45, 2.75) is 19.4 Å². The molecule has 2 amide bonds. The Morgan fingerprint density at radius 3 is 2.65 bits per heavy atom. The van der Waals surface area contributed by atoms with Crippen LogP contribution in [-0.4, -0.2) is 29.8 Å².